The molecule has 0 unspecified atom stereocenters. The van der Waals surface area contributed by atoms with Gasteiger partial charge in [-0.3, -0.25) is 4.79 Å². The lowest BCUT2D eigenvalue weighted by atomic mass is 10.3. The molecule has 0 aliphatic heterocycles. The molecule has 4 heteroatoms. The Kier molecular flexibility index (Phi) is 3.83. The Morgan fingerprint density at radius 2 is 2.19 bits per heavy atom. The zero-order chi connectivity index (χ0) is 11.4. The minimum absolute atomic E-state index is 0.0753. The average molecular weight is 239 g/mol. The molecule has 0 heterocycles. The van der Waals surface area contributed by atoms with Gasteiger partial charge in [0.05, 0.1) is 0 Å². The lowest BCUT2D eigenvalue weighted by Gasteiger charge is -2.04. The molecule has 0 radical (unpaired) electrons. The number of halogens is 1. The van der Waals surface area contributed by atoms with E-state index in [4.69, 9.17) is 0 Å². The second-order valence-electron chi connectivity index (χ2n) is 3.87. The van der Waals surface area contributed by atoms with Crippen molar-refractivity contribution in [2.45, 2.75) is 30.2 Å². The van der Waals surface area contributed by atoms with Crippen LogP contribution in [0.4, 0.5) is 4.39 Å². The van der Waals surface area contributed by atoms with Gasteiger partial charge in [-0.1, -0.05) is 12.1 Å². The molecule has 2 rings (SSSR count). The van der Waals surface area contributed by atoms with Gasteiger partial charge in [0.1, 0.15) is 5.82 Å². The van der Waals surface area contributed by atoms with E-state index in [1.807, 2.05) is 0 Å². The zero-order valence-corrected chi connectivity index (χ0v) is 9.73. The standard InChI is InChI=1S/C12H14FNOS/c13-10-3-1-2-4-11(10)16-8-7-12(15)14-9-5-6-9/h1-4,9H,5-8H2,(H,14,15). The predicted molar refractivity (Wildman–Crippen MR) is 62.9 cm³/mol. The minimum atomic E-state index is -0.213. The zero-order valence-electron chi connectivity index (χ0n) is 8.91. The summed E-state index contributed by atoms with van der Waals surface area (Å²) in [6, 6.07) is 7.05. The highest BCUT2D eigenvalue weighted by Gasteiger charge is 2.22. The molecule has 2 nitrogen and oxygen atoms in total. The summed E-state index contributed by atoms with van der Waals surface area (Å²) in [6.07, 6.45) is 2.66. The van der Waals surface area contributed by atoms with E-state index in [1.54, 1.807) is 18.2 Å². The number of nitrogens with one attached hydrogen (secondary N) is 1. The van der Waals surface area contributed by atoms with Gasteiger partial charge in [0.2, 0.25) is 5.91 Å². The van der Waals surface area contributed by atoms with Crippen LogP contribution in [0.1, 0.15) is 19.3 Å². The van der Waals surface area contributed by atoms with Crippen LogP contribution in [0.2, 0.25) is 0 Å². The van der Waals surface area contributed by atoms with Crippen molar-refractivity contribution in [1.29, 1.82) is 0 Å². The van der Waals surface area contributed by atoms with Crippen LogP contribution in [0, 0.1) is 5.82 Å². The number of hydrogen-bond acceptors (Lipinski definition) is 2. The molecule has 1 aromatic carbocycles. The third kappa shape index (κ3) is 3.52. The monoisotopic (exact) mass is 239 g/mol. The van der Waals surface area contributed by atoms with Crippen molar-refractivity contribution in [2.75, 3.05) is 5.75 Å². The minimum Gasteiger partial charge on any atom is -0.353 e. The molecule has 1 fully saturated rings. The average Bonchev–Trinajstić information content (AvgIpc) is 3.05. The molecule has 0 spiro atoms. The molecular weight excluding hydrogens is 225 g/mol. The van der Waals surface area contributed by atoms with Crippen molar-refractivity contribution < 1.29 is 9.18 Å². The number of carbonyl (C=O) groups is 1. The number of thioether (sulfide) groups is 1. The Bertz CT molecular complexity index is 379. The van der Waals surface area contributed by atoms with Crippen LogP contribution in [0.25, 0.3) is 0 Å². The number of amides is 1. The number of carbonyl (C=O) groups excluding carboxylic acids is 1. The van der Waals surface area contributed by atoms with E-state index in [9.17, 15) is 9.18 Å². The molecule has 0 bridgehead atoms. The first-order chi connectivity index (χ1) is 7.75. The lowest BCUT2D eigenvalue weighted by molar-refractivity contribution is -0.120. The molecule has 0 saturated heterocycles. The van der Waals surface area contributed by atoms with E-state index in [1.165, 1.54) is 17.8 Å². The molecule has 0 aromatic heterocycles. The van der Waals surface area contributed by atoms with Gasteiger partial charge in [0, 0.05) is 23.1 Å². The van der Waals surface area contributed by atoms with Crippen LogP contribution in [0.15, 0.2) is 29.2 Å². The summed E-state index contributed by atoms with van der Waals surface area (Å²) in [7, 11) is 0. The number of benzene rings is 1. The highest BCUT2D eigenvalue weighted by molar-refractivity contribution is 7.99. The van der Waals surface area contributed by atoms with Crippen LogP contribution < -0.4 is 5.32 Å². The van der Waals surface area contributed by atoms with E-state index in [0.717, 1.165) is 12.8 Å². The lowest BCUT2D eigenvalue weighted by Crippen LogP contribution is -2.25. The number of hydrogen-bond donors (Lipinski definition) is 1. The maximum Gasteiger partial charge on any atom is 0.221 e. The van der Waals surface area contributed by atoms with E-state index in [0.29, 0.717) is 23.1 Å². The van der Waals surface area contributed by atoms with Crippen molar-refractivity contribution in [3.8, 4) is 0 Å². The molecule has 16 heavy (non-hydrogen) atoms. The van der Waals surface area contributed by atoms with Crippen LogP contribution >= 0.6 is 11.8 Å². The van der Waals surface area contributed by atoms with Crippen molar-refractivity contribution in [1.82, 2.24) is 5.32 Å². The molecule has 1 saturated carbocycles. The van der Waals surface area contributed by atoms with Gasteiger partial charge in [-0.2, -0.15) is 0 Å². The second-order valence-corrected chi connectivity index (χ2v) is 5.01. The smallest absolute Gasteiger partial charge is 0.221 e. The van der Waals surface area contributed by atoms with Gasteiger partial charge in [-0.05, 0) is 25.0 Å². The molecular formula is C12H14FNOS. The molecule has 1 N–H and O–H groups in total. The fourth-order valence-electron chi connectivity index (χ4n) is 1.34. The van der Waals surface area contributed by atoms with Crippen LogP contribution in [0.3, 0.4) is 0 Å². The fraction of sp³-hybridized carbons (Fsp3) is 0.417. The Balaban J connectivity index is 1.70. The summed E-state index contributed by atoms with van der Waals surface area (Å²) in [4.78, 5) is 12.0. The largest absolute Gasteiger partial charge is 0.353 e. The predicted octanol–water partition coefficient (Wildman–Crippen LogP) is 2.59. The first-order valence-electron chi connectivity index (χ1n) is 5.42. The highest BCUT2D eigenvalue weighted by Crippen LogP contribution is 2.22. The Hall–Kier alpha value is -1.03. The van der Waals surface area contributed by atoms with Crippen LogP contribution in [0.5, 0.6) is 0 Å². The summed E-state index contributed by atoms with van der Waals surface area (Å²) in [5.41, 5.74) is 0. The van der Waals surface area contributed by atoms with Crippen molar-refractivity contribution in [3.05, 3.63) is 30.1 Å². The maximum atomic E-state index is 13.2. The van der Waals surface area contributed by atoms with Crippen molar-refractivity contribution in [2.24, 2.45) is 0 Å². The third-order valence-corrected chi connectivity index (χ3v) is 3.42. The fourth-order valence-corrected chi connectivity index (χ4v) is 2.23. The highest BCUT2D eigenvalue weighted by atomic mass is 32.2. The summed E-state index contributed by atoms with van der Waals surface area (Å²) in [5, 5.41) is 2.91. The molecule has 1 aliphatic carbocycles. The maximum absolute atomic E-state index is 13.2. The number of rotatable bonds is 5. The summed E-state index contributed by atoms with van der Waals surface area (Å²) >= 11 is 1.39. The van der Waals surface area contributed by atoms with Gasteiger partial charge in [0.25, 0.3) is 0 Å². The second kappa shape index (κ2) is 5.34. The Morgan fingerprint density at radius 1 is 1.44 bits per heavy atom. The quantitative estimate of drug-likeness (QED) is 0.800. The molecule has 0 atom stereocenters. The normalized spacial score (nSPS) is 14.8. The van der Waals surface area contributed by atoms with E-state index >= 15 is 0 Å². The summed E-state index contributed by atoms with van der Waals surface area (Å²) < 4.78 is 13.2. The summed E-state index contributed by atoms with van der Waals surface area (Å²) in [6.45, 7) is 0. The van der Waals surface area contributed by atoms with Crippen molar-refractivity contribution in [3.63, 3.8) is 0 Å². The van der Waals surface area contributed by atoms with Gasteiger partial charge in [-0.15, -0.1) is 11.8 Å². The van der Waals surface area contributed by atoms with Gasteiger partial charge in [0.15, 0.2) is 0 Å². The van der Waals surface area contributed by atoms with Gasteiger partial charge in [-0.25, -0.2) is 4.39 Å². The van der Waals surface area contributed by atoms with E-state index in [-0.39, 0.29) is 11.7 Å². The Morgan fingerprint density at radius 3 is 2.88 bits per heavy atom. The molecule has 86 valence electrons. The Labute approximate surface area is 98.6 Å². The first-order valence-corrected chi connectivity index (χ1v) is 6.41. The van der Waals surface area contributed by atoms with Crippen LogP contribution in [-0.4, -0.2) is 17.7 Å². The topological polar surface area (TPSA) is 29.1 Å². The SMILES string of the molecule is O=C(CCSc1ccccc1F)NC1CC1. The molecule has 1 aromatic rings. The molecule has 1 amide bonds. The van der Waals surface area contributed by atoms with E-state index < -0.39 is 0 Å². The molecule has 1 aliphatic rings. The van der Waals surface area contributed by atoms with E-state index in [2.05, 4.69) is 5.32 Å². The van der Waals surface area contributed by atoms with Crippen LogP contribution in [-0.2, 0) is 4.79 Å². The van der Waals surface area contributed by atoms with Crippen molar-refractivity contribution >= 4 is 17.7 Å². The van der Waals surface area contributed by atoms with Gasteiger partial charge >= 0.3 is 0 Å². The summed E-state index contributed by atoms with van der Waals surface area (Å²) in [5.74, 6) is 0.487. The first kappa shape index (κ1) is 11.5. The third-order valence-electron chi connectivity index (χ3n) is 2.37. The van der Waals surface area contributed by atoms with Gasteiger partial charge < -0.3 is 5.32 Å².